The zero-order valence-electron chi connectivity index (χ0n) is 9.07. The van der Waals surface area contributed by atoms with Crippen molar-refractivity contribution in [3.05, 3.63) is 29.6 Å². The maximum absolute atomic E-state index is 13.0. The van der Waals surface area contributed by atoms with Crippen LogP contribution < -0.4 is 5.73 Å². The molecule has 4 heteroatoms. The second kappa shape index (κ2) is 5.09. The van der Waals surface area contributed by atoms with E-state index in [0.29, 0.717) is 13.1 Å². The van der Waals surface area contributed by atoms with Crippen LogP contribution in [0, 0.1) is 5.82 Å². The van der Waals surface area contributed by atoms with Crippen LogP contribution in [0.3, 0.4) is 0 Å². The molecule has 0 aliphatic rings. The molecule has 0 aliphatic heterocycles. The van der Waals surface area contributed by atoms with Crippen molar-refractivity contribution in [3.8, 4) is 5.75 Å². The third-order valence-corrected chi connectivity index (χ3v) is 2.47. The highest BCUT2D eigenvalue weighted by molar-refractivity contribution is 5.28. The zero-order chi connectivity index (χ0) is 11.4. The van der Waals surface area contributed by atoms with Crippen LogP contribution in [0.1, 0.15) is 12.5 Å². The Morgan fingerprint density at radius 2 is 2.13 bits per heavy atom. The SMILES string of the molecule is CC(CN)N(C)Cc1cc(O)cc(F)c1. The van der Waals surface area contributed by atoms with Gasteiger partial charge in [-0.05, 0) is 31.7 Å². The molecule has 0 radical (unpaired) electrons. The number of halogens is 1. The van der Waals surface area contributed by atoms with Gasteiger partial charge in [0.05, 0.1) is 0 Å². The molecule has 3 N–H and O–H groups in total. The summed E-state index contributed by atoms with van der Waals surface area (Å²) in [5.74, 6) is -0.461. The van der Waals surface area contributed by atoms with Crippen molar-refractivity contribution in [3.63, 3.8) is 0 Å². The summed E-state index contributed by atoms with van der Waals surface area (Å²) in [6, 6.07) is 4.30. The molecule has 0 amide bonds. The first-order chi connectivity index (χ1) is 7.02. The Hall–Kier alpha value is -1.13. The van der Waals surface area contributed by atoms with E-state index in [9.17, 15) is 9.50 Å². The molecule has 0 bridgehead atoms. The second-order valence-corrected chi connectivity index (χ2v) is 3.82. The molecular weight excluding hydrogens is 195 g/mol. The van der Waals surface area contributed by atoms with Gasteiger partial charge in [0.1, 0.15) is 11.6 Å². The summed E-state index contributed by atoms with van der Waals surface area (Å²) in [4.78, 5) is 2.01. The topological polar surface area (TPSA) is 49.5 Å². The minimum Gasteiger partial charge on any atom is -0.508 e. The Bertz CT molecular complexity index is 310. The summed E-state index contributed by atoms with van der Waals surface area (Å²) in [7, 11) is 1.92. The number of rotatable bonds is 4. The predicted octanol–water partition coefficient (Wildman–Crippen LogP) is 1.31. The van der Waals surface area contributed by atoms with Gasteiger partial charge < -0.3 is 10.8 Å². The minimum absolute atomic E-state index is 0.0428. The lowest BCUT2D eigenvalue weighted by molar-refractivity contribution is 0.254. The molecule has 15 heavy (non-hydrogen) atoms. The molecule has 0 spiro atoms. The van der Waals surface area contributed by atoms with Crippen molar-refractivity contribution < 1.29 is 9.50 Å². The number of benzene rings is 1. The molecule has 1 aromatic rings. The van der Waals surface area contributed by atoms with Gasteiger partial charge >= 0.3 is 0 Å². The fourth-order valence-corrected chi connectivity index (χ4v) is 1.35. The van der Waals surface area contributed by atoms with Gasteiger partial charge in [0, 0.05) is 25.2 Å². The molecule has 1 atom stereocenters. The number of hydrogen-bond donors (Lipinski definition) is 2. The fraction of sp³-hybridized carbons (Fsp3) is 0.455. The summed E-state index contributed by atoms with van der Waals surface area (Å²) in [5, 5.41) is 9.22. The summed E-state index contributed by atoms with van der Waals surface area (Å²) >= 11 is 0. The van der Waals surface area contributed by atoms with E-state index in [0.717, 1.165) is 11.6 Å². The average molecular weight is 212 g/mol. The Balaban J connectivity index is 2.72. The molecule has 1 unspecified atom stereocenters. The van der Waals surface area contributed by atoms with Crippen LogP contribution in [-0.2, 0) is 6.54 Å². The fourth-order valence-electron chi connectivity index (χ4n) is 1.35. The van der Waals surface area contributed by atoms with Gasteiger partial charge in [-0.25, -0.2) is 4.39 Å². The van der Waals surface area contributed by atoms with E-state index >= 15 is 0 Å². The summed E-state index contributed by atoms with van der Waals surface area (Å²) in [6.07, 6.45) is 0. The largest absolute Gasteiger partial charge is 0.508 e. The number of phenols is 1. The van der Waals surface area contributed by atoms with Gasteiger partial charge in [-0.2, -0.15) is 0 Å². The van der Waals surface area contributed by atoms with Crippen LogP contribution in [0.15, 0.2) is 18.2 Å². The van der Waals surface area contributed by atoms with Crippen molar-refractivity contribution in [2.24, 2.45) is 5.73 Å². The molecule has 0 fully saturated rings. The van der Waals surface area contributed by atoms with Gasteiger partial charge in [-0.1, -0.05) is 0 Å². The highest BCUT2D eigenvalue weighted by Gasteiger charge is 2.08. The average Bonchev–Trinajstić information content (AvgIpc) is 2.14. The molecule has 3 nitrogen and oxygen atoms in total. The number of likely N-dealkylation sites (N-methyl/N-ethyl adjacent to an activating group) is 1. The summed E-state index contributed by atoms with van der Waals surface area (Å²) in [5.41, 5.74) is 6.27. The number of aromatic hydroxyl groups is 1. The van der Waals surface area contributed by atoms with E-state index in [2.05, 4.69) is 0 Å². The zero-order valence-corrected chi connectivity index (χ0v) is 9.07. The van der Waals surface area contributed by atoms with Gasteiger partial charge in [-0.15, -0.1) is 0 Å². The van der Waals surface area contributed by atoms with Crippen molar-refractivity contribution in [2.45, 2.75) is 19.5 Å². The smallest absolute Gasteiger partial charge is 0.127 e. The third-order valence-electron chi connectivity index (χ3n) is 2.47. The predicted molar refractivity (Wildman–Crippen MR) is 58.0 cm³/mol. The quantitative estimate of drug-likeness (QED) is 0.791. The molecule has 0 saturated carbocycles. The second-order valence-electron chi connectivity index (χ2n) is 3.82. The summed E-state index contributed by atoms with van der Waals surface area (Å²) in [6.45, 7) is 3.13. The maximum Gasteiger partial charge on any atom is 0.127 e. The van der Waals surface area contributed by atoms with E-state index in [1.807, 2.05) is 18.9 Å². The van der Waals surface area contributed by atoms with E-state index in [1.54, 1.807) is 6.07 Å². The lowest BCUT2D eigenvalue weighted by Crippen LogP contribution is -2.34. The van der Waals surface area contributed by atoms with Gasteiger partial charge in [0.15, 0.2) is 0 Å². The van der Waals surface area contributed by atoms with Gasteiger partial charge in [0.2, 0.25) is 0 Å². The van der Waals surface area contributed by atoms with Crippen LogP contribution in [0.2, 0.25) is 0 Å². The lowest BCUT2D eigenvalue weighted by Gasteiger charge is -2.23. The Labute approximate surface area is 89.3 Å². The van der Waals surface area contributed by atoms with E-state index in [4.69, 9.17) is 5.73 Å². The molecule has 1 aromatic carbocycles. The van der Waals surface area contributed by atoms with Crippen LogP contribution >= 0.6 is 0 Å². The molecule has 0 aromatic heterocycles. The Morgan fingerprint density at radius 3 is 2.67 bits per heavy atom. The first-order valence-electron chi connectivity index (χ1n) is 4.91. The van der Waals surface area contributed by atoms with Crippen molar-refractivity contribution >= 4 is 0 Å². The number of hydrogen-bond acceptors (Lipinski definition) is 3. The van der Waals surface area contributed by atoms with Crippen LogP contribution in [0.4, 0.5) is 4.39 Å². The normalized spacial score (nSPS) is 13.1. The standard InChI is InChI=1S/C11H17FN2O/c1-8(6-13)14(2)7-9-3-10(12)5-11(15)4-9/h3-5,8,15H,6-7,13H2,1-2H3. The first kappa shape index (κ1) is 11.9. The molecule has 0 saturated heterocycles. The van der Waals surface area contributed by atoms with Crippen LogP contribution in [-0.4, -0.2) is 29.6 Å². The molecule has 0 aliphatic carbocycles. The number of nitrogens with two attached hydrogens (primary N) is 1. The maximum atomic E-state index is 13.0. The van der Waals surface area contributed by atoms with Crippen LogP contribution in [0.25, 0.3) is 0 Å². The van der Waals surface area contributed by atoms with Crippen molar-refractivity contribution in [1.82, 2.24) is 4.90 Å². The van der Waals surface area contributed by atoms with Crippen LogP contribution in [0.5, 0.6) is 5.75 Å². The molecule has 84 valence electrons. The molecule has 1 rings (SSSR count). The Morgan fingerprint density at radius 1 is 1.47 bits per heavy atom. The lowest BCUT2D eigenvalue weighted by atomic mass is 10.2. The van der Waals surface area contributed by atoms with E-state index in [-0.39, 0.29) is 11.8 Å². The monoisotopic (exact) mass is 212 g/mol. The molecular formula is C11H17FN2O. The van der Waals surface area contributed by atoms with E-state index in [1.165, 1.54) is 6.07 Å². The molecule has 0 heterocycles. The van der Waals surface area contributed by atoms with Crippen molar-refractivity contribution in [2.75, 3.05) is 13.6 Å². The third kappa shape index (κ3) is 3.49. The highest BCUT2D eigenvalue weighted by Crippen LogP contribution is 2.16. The first-order valence-corrected chi connectivity index (χ1v) is 4.91. The van der Waals surface area contributed by atoms with Crippen molar-refractivity contribution in [1.29, 1.82) is 0 Å². The summed E-state index contributed by atoms with van der Waals surface area (Å²) < 4.78 is 13.0. The minimum atomic E-state index is -0.418. The van der Waals surface area contributed by atoms with Gasteiger partial charge in [0.25, 0.3) is 0 Å². The Kier molecular flexibility index (Phi) is 4.05. The van der Waals surface area contributed by atoms with E-state index < -0.39 is 5.82 Å². The van der Waals surface area contributed by atoms with Gasteiger partial charge in [-0.3, -0.25) is 4.90 Å². The highest BCUT2D eigenvalue weighted by atomic mass is 19.1. The number of nitrogens with zero attached hydrogens (tertiary/aromatic N) is 1. The number of phenolic OH excluding ortho intramolecular Hbond substituents is 1.